The smallest absolute Gasteiger partial charge is 0.306 e. The minimum atomic E-state index is -0.993. The quantitative estimate of drug-likeness (QED) is 0.661. The van der Waals surface area contributed by atoms with E-state index >= 15 is 0 Å². The molecule has 2 atom stereocenters. The minimum absolute atomic E-state index is 0.0323. The van der Waals surface area contributed by atoms with Crippen LogP contribution in [0.25, 0.3) is 0 Å². The second kappa shape index (κ2) is 10.9. The Morgan fingerprint density at radius 1 is 1.34 bits per heavy atom. The molecule has 2 amide bonds. The molecule has 3 rings (SSSR count). The Morgan fingerprint density at radius 2 is 2.03 bits per heavy atom. The SMILES string of the molecule is Cc1ccc2c(c1F)CN(C(CCC(=O)OC(C)(C)C)C(N)=O)C2=O.NC1CCCOC1. The standard InChI is InChI=1S/C18H23FN2O4.C5H11NO/c1-10-5-6-11-12(15(10)19)9-21(17(11)24)13(16(20)23)7-8-14(22)25-18(2,3)4;6-5-2-1-3-7-4-5/h5-6,13H,7-9H2,1-4H3,(H2,20,23);5H,1-4,6H2. The number of halogens is 1. The number of esters is 1. The van der Waals surface area contributed by atoms with Gasteiger partial charge in [-0.05, 0) is 58.6 Å². The number of benzene rings is 1. The van der Waals surface area contributed by atoms with E-state index in [4.69, 9.17) is 20.9 Å². The third-order valence-corrected chi connectivity index (χ3v) is 5.20. The van der Waals surface area contributed by atoms with E-state index in [1.165, 1.54) is 11.0 Å². The molecule has 178 valence electrons. The number of fused-ring (bicyclic) bond motifs is 1. The largest absolute Gasteiger partial charge is 0.460 e. The lowest BCUT2D eigenvalue weighted by Crippen LogP contribution is -2.45. The third-order valence-electron chi connectivity index (χ3n) is 5.20. The predicted octanol–water partition coefficient (Wildman–Crippen LogP) is 2.19. The molecule has 0 radical (unpaired) electrons. The van der Waals surface area contributed by atoms with Crippen molar-refractivity contribution in [2.45, 2.75) is 77.6 Å². The summed E-state index contributed by atoms with van der Waals surface area (Å²) in [6.07, 6.45) is 2.25. The van der Waals surface area contributed by atoms with Crippen LogP contribution >= 0.6 is 0 Å². The number of hydrogen-bond donors (Lipinski definition) is 2. The number of ether oxygens (including phenoxy) is 2. The van der Waals surface area contributed by atoms with Crippen LogP contribution in [0.15, 0.2) is 12.1 Å². The van der Waals surface area contributed by atoms with E-state index in [1.54, 1.807) is 33.8 Å². The Kier molecular flexibility index (Phi) is 8.74. The van der Waals surface area contributed by atoms with Crippen molar-refractivity contribution in [2.24, 2.45) is 11.5 Å². The summed E-state index contributed by atoms with van der Waals surface area (Å²) in [4.78, 5) is 37.4. The number of carbonyl (C=O) groups is 3. The fraction of sp³-hybridized carbons (Fsp3) is 0.609. The van der Waals surface area contributed by atoms with Crippen molar-refractivity contribution in [2.75, 3.05) is 13.2 Å². The molecule has 2 heterocycles. The fourth-order valence-electron chi connectivity index (χ4n) is 3.61. The molecule has 2 aliphatic rings. The molecule has 1 aromatic carbocycles. The summed E-state index contributed by atoms with van der Waals surface area (Å²) in [6, 6.07) is 2.39. The normalized spacial score (nSPS) is 19.0. The average Bonchev–Trinajstić information content (AvgIpc) is 3.01. The number of rotatable bonds is 5. The van der Waals surface area contributed by atoms with Gasteiger partial charge in [0.2, 0.25) is 5.91 Å². The molecule has 0 aliphatic carbocycles. The molecule has 2 unspecified atom stereocenters. The number of primary amides is 1. The maximum atomic E-state index is 14.2. The van der Waals surface area contributed by atoms with Gasteiger partial charge in [0.25, 0.3) is 5.91 Å². The van der Waals surface area contributed by atoms with Crippen LogP contribution in [0.5, 0.6) is 0 Å². The van der Waals surface area contributed by atoms with Crippen molar-refractivity contribution in [3.8, 4) is 0 Å². The Morgan fingerprint density at radius 3 is 2.53 bits per heavy atom. The summed E-state index contributed by atoms with van der Waals surface area (Å²) in [5.41, 5.74) is 11.2. The monoisotopic (exact) mass is 451 g/mol. The van der Waals surface area contributed by atoms with E-state index in [0.717, 1.165) is 26.1 Å². The van der Waals surface area contributed by atoms with Gasteiger partial charge >= 0.3 is 5.97 Å². The zero-order valence-electron chi connectivity index (χ0n) is 19.3. The fourth-order valence-corrected chi connectivity index (χ4v) is 3.61. The molecule has 0 spiro atoms. The zero-order valence-corrected chi connectivity index (χ0v) is 19.3. The van der Waals surface area contributed by atoms with E-state index < -0.39 is 35.2 Å². The summed E-state index contributed by atoms with van der Waals surface area (Å²) >= 11 is 0. The Labute approximate surface area is 188 Å². The van der Waals surface area contributed by atoms with Gasteiger partial charge < -0.3 is 25.8 Å². The molecular formula is C23H34FN3O5. The van der Waals surface area contributed by atoms with Crippen LogP contribution in [0.3, 0.4) is 0 Å². The van der Waals surface area contributed by atoms with E-state index in [0.29, 0.717) is 11.6 Å². The Bertz CT molecular complexity index is 847. The molecule has 0 saturated carbocycles. The summed E-state index contributed by atoms with van der Waals surface area (Å²) in [5.74, 6) is -2.13. The van der Waals surface area contributed by atoms with Crippen molar-refractivity contribution in [1.29, 1.82) is 0 Å². The van der Waals surface area contributed by atoms with Crippen LogP contribution in [0.1, 0.15) is 67.9 Å². The molecular weight excluding hydrogens is 417 g/mol. The van der Waals surface area contributed by atoms with Gasteiger partial charge in [-0.15, -0.1) is 0 Å². The molecule has 8 nitrogen and oxygen atoms in total. The van der Waals surface area contributed by atoms with E-state index in [1.807, 2.05) is 0 Å². The summed E-state index contributed by atoms with van der Waals surface area (Å²) in [7, 11) is 0. The van der Waals surface area contributed by atoms with Crippen LogP contribution in [-0.2, 0) is 25.6 Å². The van der Waals surface area contributed by atoms with Gasteiger partial charge in [0, 0.05) is 30.2 Å². The molecule has 1 fully saturated rings. The molecule has 2 aliphatic heterocycles. The van der Waals surface area contributed by atoms with Crippen molar-refractivity contribution in [3.63, 3.8) is 0 Å². The van der Waals surface area contributed by atoms with Gasteiger partial charge in [-0.2, -0.15) is 0 Å². The second-order valence-electron chi connectivity index (χ2n) is 9.18. The molecule has 1 saturated heterocycles. The van der Waals surface area contributed by atoms with Crippen molar-refractivity contribution < 1.29 is 28.2 Å². The summed E-state index contributed by atoms with van der Waals surface area (Å²) in [5, 5.41) is 0. The van der Waals surface area contributed by atoms with Gasteiger partial charge in [-0.1, -0.05) is 6.07 Å². The van der Waals surface area contributed by atoms with Crippen LogP contribution < -0.4 is 11.5 Å². The lowest BCUT2D eigenvalue weighted by molar-refractivity contribution is -0.155. The summed E-state index contributed by atoms with van der Waals surface area (Å²) < 4.78 is 24.5. The number of amides is 2. The zero-order chi connectivity index (χ0) is 24.1. The number of hydrogen-bond acceptors (Lipinski definition) is 6. The highest BCUT2D eigenvalue weighted by Crippen LogP contribution is 2.29. The second-order valence-corrected chi connectivity index (χ2v) is 9.18. The number of nitrogens with two attached hydrogens (primary N) is 2. The van der Waals surface area contributed by atoms with Gasteiger partial charge in [-0.3, -0.25) is 14.4 Å². The number of carbonyl (C=O) groups excluding carboxylic acids is 3. The number of aryl methyl sites for hydroxylation is 1. The first-order chi connectivity index (χ1) is 14.9. The van der Waals surface area contributed by atoms with Crippen molar-refractivity contribution >= 4 is 17.8 Å². The first-order valence-electron chi connectivity index (χ1n) is 10.8. The van der Waals surface area contributed by atoms with Gasteiger partial charge in [0.15, 0.2) is 0 Å². The van der Waals surface area contributed by atoms with Crippen LogP contribution in [0, 0.1) is 12.7 Å². The lowest BCUT2D eigenvalue weighted by Gasteiger charge is -2.25. The van der Waals surface area contributed by atoms with Crippen LogP contribution in [0.4, 0.5) is 4.39 Å². The first-order valence-corrected chi connectivity index (χ1v) is 10.8. The van der Waals surface area contributed by atoms with Crippen molar-refractivity contribution in [3.05, 3.63) is 34.6 Å². The number of nitrogens with zero attached hydrogens (tertiary/aromatic N) is 1. The molecule has 32 heavy (non-hydrogen) atoms. The van der Waals surface area contributed by atoms with E-state index in [9.17, 15) is 18.8 Å². The van der Waals surface area contributed by atoms with Gasteiger partial charge in [-0.25, -0.2) is 4.39 Å². The maximum Gasteiger partial charge on any atom is 0.306 e. The highest BCUT2D eigenvalue weighted by Gasteiger charge is 2.37. The van der Waals surface area contributed by atoms with Crippen LogP contribution in [0.2, 0.25) is 0 Å². The third kappa shape index (κ3) is 7.00. The van der Waals surface area contributed by atoms with Crippen LogP contribution in [-0.4, -0.2) is 53.6 Å². The Hall–Kier alpha value is -2.52. The highest BCUT2D eigenvalue weighted by atomic mass is 19.1. The predicted molar refractivity (Wildman–Crippen MR) is 117 cm³/mol. The van der Waals surface area contributed by atoms with E-state index in [-0.39, 0.29) is 30.5 Å². The lowest BCUT2D eigenvalue weighted by atomic mass is 10.1. The molecule has 4 N–H and O–H groups in total. The van der Waals surface area contributed by atoms with Gasteiger partial charge in [0.1, 0.15) is 17.5 Å². The molecule has 0 aromatic heterocycles. The van der Waals surface area contributed by atoms with Gasteiger partial charge in [0.05, 0.1) is 13.2 Å². The van der Waals surface area contributed by atoms with E-state index in [2.05, 4.69) is 0 Å². The first kappa shape index (κ1) is 25.7. The topological polar surface area (TPSA) is 125 Å². The minimum Gasteiger partial charge on any atom is -0.460 e. The average molecular weight is 452 g/mol. The maximum absolute atomic E-state index is 14.2. The Balaban J connectivity index is 0.000000439. The molecule has 0 bridgehead atoms. The highest BCUT2D eigenvalue weighted by molar-refractivity contribution is 6.01. The molecule has 1 aromatic rings. The molecule has 9 heteroatoms. The summed E-state index contributed by atoms with van der Waals surface area (Å²) in [6.45, 7) is 8.46. The van der Waals surface area contributed by atoms with Crippen molar-refractivity contribution in [1.82, 2.24) is 4.90 Å².